The third kappa shape index (κ3) is 3.30. The number of rotatable bonds is 2. The van der Waals surface area contributed by atoms with E-state index in [9.17, 15) is 14.7 Å². The molecule has 0 saturated heterocycles. The van der Waals surface area contributed by atoms with Crippen LogP contribution < -0.4 is 0 Å². The van der Waals surface area contributed by atoms with Gasteiger partial charge >= 0.3 is 11.9 Å². The van der Waals surface area contributed by atoms with Crippen molar-refractivity contribution in [2.24, 2.45) is 50.2 Å². The van der Waals surface area contributed by atoms with Crippen LogP contribution in [0.3, 0.4) is 0 Å². The predicted molar refractivity (Wildman–Crippen MR) is 142 cm³/mol. The molecule has 4 fully saturated rings. The first-order valence-electron chi connectivity index (χ1n) is 14.6. The third-order valence-corrected chi connectivity index (χ3v) is 13.1. The van der Waals surface area contributed by atoms with Gasteiger partial charge in [0.05, 0.1) is 5.41 Å². The molecule has 8 atom stereocenters. The van der Waals surface area contributed by atoms with Crippen molar-refractivity contribution in [3.63, 3.8) is 0 Å². The molecule has 0 aliphatic heterocycles. The van der Waals surface area contributed by atoms with Crippen molar-refractivity contribution in [1.82, 2.24) is 0 Å². The summed E-state index contributed by atoms with van der Waals surface area (Å²) in [6.45, 7) is 18.1. The van der Waals surface area contributed by atoms with Gasteiger partial charge in [0.2, 0.25) is 0 Å². The Hall–Kier alpha value is -1.32. The molecule has 4 heteroatoms. The quantitative estimate of drug-likeness (QED) is 0.311. The molecule has 0 amide bonds. The second-order valence-corrected chi connectivity index (χ2v) is 15.7. The first-order valence-corrected chi connectivity index (χ1v) is 14.6. The van der Waals surface area contributed by atoms with Gasteiger partial charge in [0.1, 0.15) is 6.10 Å². The lowest BCUT2D eigenvalue weighted by Gasteiger charge is -2.70. The maximum Gasteiger partial charge on any atom is 0.314 e. The summed E-state index contributed by atoms with van der Waals surface area (Å²) < 4.78 is 5.85. The lowest BCUT2D eigenvalue weighted by Crippen LogP contribution is -2.67. The summed E-state index contributed by atoms with van der Waals surface area (Å²) in [7, 11) is 0. The van der Waals surface area contributed by atoms with Gasteiger partial charge in [-0.15, -0.1) is 0 Å². The molecule has 4 saturated carbocycles. The summed E-state index contributed by atoms with van der Waals surface area (Å²) in [4.78, 5) is 25.5. The van der Waals surface area contributed by atoms with Crippen molar-refractivity contribution in [2.75, 3.05) is 0 Å². The lowest BCUT2D eigenvalue weighted by molar-refractivity contribution is -0.219. The molecular formula is C32H50O4. The second kappa shape index (κ2) is 7.85. The minimum atomic E-state index is -0.752. The number of ether oxygens (including phenoxy) is 1. The average molecular weight is 499 g/mol. The maximum absolute atomic E-state index is 13.6. The Bertz CT molecular complexity index is 992. The highest BCUT2D eigenvalue weighted by Gasteiger charge is 2.71. The summed E-state index contributed by atoms with van der Waals surface area (Å²) in [5.41, 5.74) is 0.732. The highest BCUT2D eigenvalue weighted by atomic mass is 16.5. The molecular weight excluding hydrogens is 448 g/mol. The molecule has 8 unspecified atom stereocenters. The van der Waals surface area contributed by atoms with Gasteiger partial charge in [-0.1, -0.05) is 60.1 Å². The number of allylic oxidation sites excluding steroid dienone is 1. The normalized spacial score (nSPS) is 48.8. The summed E-state index contributed by atoms with van der Waals surface area (Å²) in [6.07, 6.45) is 12.6. The number of fused-ring (bicyclic) bond motifs is 7. The zero-order chi connectivity index (χ0) is 26.5. The van der Waals surface area contributed by atoms with E-state index in [1.54, 1.807) is 0 Å². The fourth-order valence-corrected chi connectivity index (χ4v) is 11.0. The van der Waals surface area contributed by atoms with Crippen LogP contribution in [0.2, 0.25) is 0 Å². The second-order valence-electron chi connectivity index (χ2n) is 15.7. The third-order valence-electron chi connectivity index (χ3n) is 13.1. The number of carbonyl (C=O) groups is 2. The first-order chi connectivity index (χ1) is 16.5. The van der Waals surface area contributed by atoms with Crippen molar-refractivity contribution in [1.29, 1.82) is 0 Å². The van der Waals surface area contributed by atoms with Gasteiger partial charge in [-0.3, -0.25) is 9.59 Å². The van der Waals surface area contributed by atoms with E-state index in [1.165, 1.54) is 25.3 Å². The van der Waals surface area contributed by atoms with Crippen LogP contribution in [0.4, 0.5) is 0 Å². The van der Waals surface area contributed by atoms with E-state index < -0.39 is 11.4 Å². The van der Waals surface area contributed by atoms with E-state index >= 15 is 0 Å². The molecule has 0 radical (unpaired) electrons. The van der Waals surface area contributed by atoms with Gasteiger partial charge in [0.15, 0.2) is 0 Å². The zero-order valence-electron chi connectivity index (χ0n) is 24.1. The lowest BCUT2D eigenvalue weighted by atomic mass is 9.33. The van der Waals surface area contributed by atoms with E-state index in [1.807, 2.05) is 0 Å². The number of carboxylic acid groups (broad SMARTS) is 1. The Kier molecular flexibility index (Phi) is 5.74. The van der Waals surface area contributed by atoms with Crippen molar-refractivity contribution >= 4 is 11.9 Å². The summed E-state index contributed by atoms with van der Waals surface area (Å²) in [5.74, 6) is 0.381. The molecule has 0 aromatic heterocycles. The topological polar surface area (TPSA) is 63.6 Å². The molecule has 4 nitrogen and oxygen atoms in total. The van der Waals surface area contributed by atoms with Crippen LogP contribution in [-0.2, 0) is 14.3 Å². The fourth-order valence-electron chi connectivity index (χ4n) is 11.0. The van der Waals surface area contributed by atoms with Crippen LogP contribution in [0, 0.1) is 50.2 Å². The van der Waals surface area contributed by atoms with E-state index in [0.29, 0.717) is 17.8 Å². The van der Waals surface area contributed by atoms with Crippen molar-refractivity contribution < 1.29 is 19.4 Å². The number of hydrogen-bond donors (Lipinski definition) is 1. The van der Waals surface area contributed by atoms with Gasteiger partial charge in [0.25, 0.3) is 0 Å². The number of carboxylic acids is 1. The van der Waals surface area contributed by atoms with E-state index in [-0.39, 0.29) is 39.1 Å². The van der Waals surface area contributed by atoms with Crippen LogP contribution >= 0.6 is 0 Å². The molecule has 5 rings (SSSR count). The van der Waals surface area contributed by atoms with Crippen LogP contribution in [0.15, 0.2) is 11.6 Å². The highest BCUT2D eigenvalue weighted by Crippen LogP contribution is 2.76. The van der Waals surface area contributed by atoms with Crippen molar-refractivity contribution in [3.8, 4) is 0 Å². The van der Waals surface area contributed by atoms with E-state index in [4.69, 9.17) is 4.74 Å². The molecule has 202 valence electrons. The Morgan fingerprint density at radius 3 is 2.19 bits per heavy atom. The average Bonchev–Trinajstić information content (AvgIpc) is 2.75. The minimum Gasteiger partial charge on any atom is -0.481 e. The molecule has 0 aromatic carbocycles. The van der Waals surface area contributed by atoms with Gasteiger partial charge in [0, 0.05) is 12.3 Å². The Morgan fingerprint density at radius 1 is 0.889 bits per heavy atom. The SMILES string of the molecule is CC(=O)OC1CCC2(C)C(CCC3(C)C2CC=C2C4CC(C)(C)CCC4(C)CCC23C(=O)O)C1(C)C. The number of carbonyl (C=O) groups excluding carboxylic acids is 1. The van der Waals surface area contributed by atoms with Gasteiger partial charge in [-0.25, -0.2) is 0 Å². The minimum absolute atomic E-state index is 0.0458. The number of aliphatic carboxylic acids is 1. The predicted octanol–water partition coefficient (Wildman–Crippen LogP) is 7.80. The van der Waals surface area contributed by atoms with Gasteiger partial charge in [-0.05, 0) is 104 Å². The summed E-state index contributed by atoms with van der Waals surface area (Å²) in [5, 5.41) is 11.2. The summed E-state index contributed by atoms with van der Waals surface area (Å²) in [6, 6.07) is 0. The molecule has 5 aliphatic carbocycles. The molecule has 0 aromatic rings. The standard InChI is InChI=1S/C32H50O4/c1-20(33)36-25-12-13-30(7)23(28(25,4)5)11-14-31(8)24(30)10-9-21-22-19-27(2,3)15-16-29(22,6)17-18-32(21,31)26(34)35/h9,22-25H,10-19H2,1-8H3,(H,34,35). The van der Waals surface area contributed by atoms with Crippen LogP contribution in [0.25, 0.3) is 0 Å². The van der Waals surface area contributed by atoms with E-state index in [2.05, 4.69) is 54.5 Å². The molecule has 1 N–H and O–H groups in total. The Balaban J connectivity index is 1.59. The number of hydrogen-bond acceptors (Lipinski definition) is 3. The Labute approximate surface area is 219 Å². The first kappa shape index (κ1) is 26.3. The van der Waals surface area contributed by atoms with Crippen molar-refractivity contribution in [2.45, 2.75) is 126 Å². The van der Waals surface area contributed by atoms with Crippen LogP contribution in [0.1, 0.15) is 120 Å². The van der Waals surface area contributed by atoms with Gasteiger partial charge < -0.3 is 9.84 Å². The molecule has 0 bridgehead atoms. The highest BCUT2D eigenvalue weighted by molar-refractivity contribution is 5.81. The molecule has 0 heterocycles. The van der Waals surface area contributed by atoms with Crippen LogP contribution in [0.5, 0.6) is 0 Å². The smallest absolute Gasteiger partial charge is 0.314 e. The molecule has 36 heavy (non-hydrogen) atoms. The molecule has 0 spiro atoms. The fraction of sp³-hybridized carbons (Fsp3) is 0.875. The zero-order valence-corrected chi connectivity index (χ0v) is 24.1. The molecule has 5 aliphatic rings. The monoisotopic (exact) mass is 498 g/mol. The largest absolute Gasteiger partial charge is 0.481 e. The Morgan fingerprint density at radius 2 is 1.56 bits per heavy atom. The summed E-state index contributed by atoms with van der Waals surface area (Å²) >= 11 is 0. The maximum atomic E-state index is 13.6. The number of esters is 1. The van der Waals surface area contributed by atoms with Crippen LogP contribution in [-0.4, -0.2) is 23.1 Å². The van der Waals surface area contributed by atoms with E-state index in [0.717, 1.165) is 51.4 Å². The van der Waals surface area contributed by atoms with Crippen molar-refractivity contribution in [3.05, 3.63) is 11.6 Å². The van der Waals surface area contributed by atoms with Gasteiger partial charge in [-0.2, -0.15) is 0 Å².